The third-order valence-corrected chi connectivity index (χ3v) is 7.42. The predicted octanol–water partition coefficient (Wildman–Crippen LogP) is 6.14. The lowest BCUT2D eigenvalue weighted by atomic mass is 9.86. The standard InChI is InChI=1S/C27H22ClN3O2S/c28-21-10-6-19(7-11-21)16-33-23-12-8-20(9-13-23)24-14-26(32)31-17-30(22-4-2-1-3-5-22)18-34-27(31)25(24)15-29/h1-13,24H,14,16-18H2/t24-/m1/s1. The number of ether oxygens (including phenoxy) is 1. The summed E-state index contributed by atoms with van der Waals surface area (Å²) in [6.45, 7) is 0.899. The highest BCUT2D eigenvalue weighted by Gasteiger charge is 2.38. The number of thioether (sulfide) groups is 1. The van der Waals surface area contributed by atoms with Gasteiger partial charge in [-0.05, 0) is 47.5 Å². The highest BCUT2D eigenvalue weighted by molar-refractivity contribution is 8.03. The van der Waals surface area contributed by atoms with Crippen LogP contribution in [0.1, 0.15) is 23.5 Å². The van der Waals surface area contributed by atoms with E-state index in [-0.39, 0.29) is 18.2 Å². The Labute approximate surface area is 208 Å². The molecule has 0 spiro atoms. The average molecular weight is 488 g/mol. The summed E-state index contributed by atoms with van der Waals surface area (Å²) in [5, 5.41) is 11.5. The number of carbonyl (C=O) groups excluding carboxylic acids is 1. The molecule has 34 heavy (non-hydrogen) atoms. The average Bonchev–Trinajstić information content (AvgIpc) is 2.89. The SMILES string of the molecule is N#CC1=C2SCN(c3ccccc3)CN2C(=O)C[C@@H]1c1ccc(OCc2ccc(Cl)cc2)cc1. The van der Waals surface area contributed by atoms with Crippen LogP contribution in [0.3, 0.4) is 0 Å². The normalized spacial score (nSPS) is 17.9. The van der Waals surface area contributed by atoms with Gasteiger partial charge in [0.2, 0.25) is 5.91 Å². The van der Waals surface area contributed by atoms with Gasteiger partial charge in [0.1, 0.15) is 12.4 Å². The van der Waals surface area contributed by atoms with Crippen molar-refractivity contribution in [1.82, 2.24) is 4.90 Å². The van der Waals surface area contributed by atoms with Gasteiger partial charge in [-0.25, -0.2) is 0 Å². The second-order valence-electron chi connectivity index (χ2n) is 8.18. The van der Waals surface area contributed by atoms with Crippen LogP contribution in [0.15, 0.2) is 89.5 Å². The highest BCUT2D eigenvalue weighted by Crippen LogP contribution is 2.43. The molecule has 7 heteroatoms. The summed E-state index contributed by atoms with van der Waals surface area (Å²) in [4.78, 5) is 17.0. The van der Waals surface area contributed by atoms with Crippen molar-refractivity contribution in [3.8, 4) is 11.8 Å². The lowest BCUT2D eigenvalue weighted by Gasteiger charge is -2.42. The molecule has 3 aromatic rings. The van der Waals surface area contributed by atoms with Gasteiger partial charge in [-0.2, -0.15) is 5.26 Å². The van der Waals surface area contributed by atoms with E-state index in [0.29, 0.717) is 29.7 Å². The highest BCUT2D eigenvalue weighted by atomic mass is 35.5. The predicted molar refractivity (Wildman–Crippen MR) is 135 cm³/mol. The van der Waals surface area contributed by atoms with Crippen LogP contribution in [-0.4, -0.2) is 23.4 Å². The smallest absolute Gasteiger partial charge is 0.229 e. The van der Waals surface area contributed by atoms with Crippen molar-refractivity contribution in [2.45, 2.75) is 18.9 Å². The lowest BCUT2D eigenvalue weighted by Crippen LogP contribution is -2.47. The van der Waals surface area contributed by atoms with Crippen molar-refractivity contribution in [1.29, 1.82) is 5.26 Å². The topological polar surface area (TPSA) is 56.6 Å². The zero-order chi connectivity index (χ0) is 23.5. The van der Waals surface area contributed by atoms with Crippen LogP contribution < -0.4 is 9.64 Å². The number of hydrogen-bond acceptors (Lipinski definition) is 5. The molecule has 3 aromatic carbocycles. The number of hydrogen-bond donors (Lipinski definition) is 0. The molecule has 1 amide bonds. The molecule has 2 aliphatic heterocycles. The Morgan fingerprint density at radius 3 is 2.47 bits per heavy atom. The van der Waals surface area contributed by atoms with Crippen molar-refractivity contribution in [2.24, 2.45) is 0 Å². The van der Waals surface area contributed by atoms with Gasteiger partial charge < -0.3 is 9.64 Å². The lowest BCUT2D eigenvalue weighted by molar-refractivity contribution is -0.129. The summed E-state index contributed by atoms with van der Waals surface area (Å²) < 4.78 is 5.88. The number of benzene rings is 3. The molecule has 0 unspecified atom stereocenters. The zero-order valence-corrected chi connectivity index (χ0v) is 19.9. The number of para-hydroxylation sites is 1. The Bertz CT molecular complexity index is 1250. The van der Waals surface area contributed by atoms with Gasteiger partial charge in [0, 0.05) is 23.0 Å². The molecular formula is C27H22ClN3O2S. The molecular weight excluding hydrogens is 466 g/mol. The van der Waals surface area contributed by atoms with Crippen LogP contribution in [-0.2, 0) is 11.4 Å². The molecule has 0 saturated carbocycles. The van der Waals surface area contributed by atoms with E-state index in [2.05, 4.69) is 11.0 Å². The number of amides is 1. The molecule has 170 valence electrons. The van der Waals surface area contributed by atoms with Crippen LogP contribution in [0, 0.1) is 11.3 Å². The molecule has 1 fully saturated rings. The second kappa shape index (κ2) is 9.84. The summed E-state index contributed by atoms with van der Waals surface area (Å²) >= 11 is 7.48. The van der Waals surface area contributed by atoms with Gasteiger partial charge in [-0.3, -0.25) is 9.69 Å². The van der Waals surface area contributed by atoms with Gasteiger partial charge in [-0.15, -0.1) is 0 Å². The summed E-state index contributed by atoms with van der Waals surface area (Å²) in [6.07, 6.45) is 0.278. The maximum atomic E-state index is 13.1. The van der Waals surface area contributed by atoms with Crippen molar-refractivity contribution in [3.05, 3.63) is 106 Å². The van der Waals surface area contributed by atoms with Gasteiger partial charge in [-0.1, -0.05) is 65.8 Å². The number of fused-ring (bicyclic) bond motifs is 1. The van der Waals surface area contributed by atoms with E-state index in [0.717, 1.165) is 27.6 Å². The van der Waals surface area contributed by atoms with Gasteiger partial charge >= 0.3 is 0 Å². The summed E-state index contributed by atoms with van der Waals surface area (Å²) in [5.41, 5.74) is 3.70. The Morgan fingerprint density at radius 2 is 1.76 bits per heavy atom. The Kier molecular flexibility index (Phi) is 6.48. The summed E-state index contributed by atoms with van der Waals surface area (Å²) in [7, 11) is 0. The number of nitrogens with zero attached hydrogens (tertiary/aromatic N) is 3. The molecule has 0 aliphatic carbocycles. The molecule has 0 bridgehead atoms. The minimum atomic E-state index is -0.246. The van der Waals surface area contributed by atoms with Crippen LogP contribution in [0.25, 0.3) is 0 Å². The van der Waals surface area contributed by atoms with Crippen LogP contribution >= 0.6 is 23.4 Å². The number of allylic oxidation sites excluding steroid dienone is 1. The fraction of sp³-hybridized carbons (Fsp3) is 0.185. The molecule has 0 N–H and O–H groups in total. The van der Waals surface area contributed by atoms with E-state index in [1.807, 2.05) is 78.9 Å². The Morgan fingerprint density at radius 1 is 1.03 bits per heavy atom. The van der Waals surface area contributed by atoms with Crippen LogP contribution in [0.5, 0.6) is 5.75 Å². The summed E-state index contributed by atoms with van der Waals surface area (Å²) in [5.74, 6) is 1.22. The van der Waals surface area contributed by atoms with E-state index in [1.165, 1.54) is 0 Å². The van der Waals surface area contributed by atoms with Crippen LogP contribution in [0.2, 0.25) is 5.02 Å². The number of rotatable bonds is 5. The third-order valence-electron chi connectivity index (χ3n) is 6.02. The van der Waals surface area contributed by atoms with Gasteiger partial charge in [0.15, 0.2) is 0 Å². The van der Waals surface area contributed by atoms with Crippen molar-refractivity contribution < 1.29 is 9.53 Å². The second-order valence-corrected chi connectivity index (χ2v) is 9.55. The quantitative estimate of drug-likeness (QED) is 0.432. The largest absolute Gasteiger partial charge is 0.489 e. The van der Waals surface area contributed by atoms with Crippen molar-refractivity contribution >= 4 is 35.0 Å². The van der Waals surface area contributed by atoms with E-state index in [9.17, 15) is 10.1 Å². The van der Waals surface area contributed by atoms with Crippen molar-refractivity contribution in [2.75, 3.05) is 17.4 Å². The molecule has 0 aromatic heterocycles. The maximum Gasteiger partial charge on any atom is 0.229 e. The first-order valence-electron chi connectivity index (χ1n) is 11.0. The Balaban J connectivity index is 1.32. The first-order chi connectivity index (χ1) is 16.6. The molecule has 0 radical (unpaired) electrons. The first-order valence-corrected chi connectivity index (χ1v) is 12.3. The summed E-state index contributed by atoms with van der Waals surface area (Å²) in [6, 6.07) is 27.7. The fourth-order valence-corrected chi connectivity index (χ4v) is 5.49. The molecule has 1 saturated heterocycles. The van der Waals surface area contributed by atoms with Gasteiger partial charge in [0.25, 0.3) is 0 Å². The van der Waals surface area contributed by atoms with Gasteiger partial charge in [0.05, 0.1) is 29.2 Å². The number of anilines is 1. The minimum absolute atomic E-state index is 0.0372. The fourth-order valence-electron chi connectivity index (χ4n) is 4.19. The molecule has 2 heterocycles. The molecule has 2 aliphatic rings. The van der Waals surface area contributed by atoms with E-state index < -0.39 is 0 Å². The molecule has 5 rings (SSSR count). The monoisotopic (exact) mass is 487 g/mol. The number of carbonyl (C=O) groups is 1. The van der Waals surface area contributed by atoms with Crippen LogP contribution in [0.4, 0.5) is 5.69 Å². The molecule has 1 atom stereocenters. The maximum absolute atomic E-state index is 13.1. The van der Waals surface area contributed by atoms with E-state index in [1.54, 1.807) is 16.7 Å². The Hall–Kier alpha value is -3.40. The van der Waals surface area contributed by atoms with Crippen molar-refractivity contribution in [3.63, 3.8) is 0 Å². The van der Waals surface area contributed by atoms with E-state index >= 15 is 0 Å². The minimum Gasteiger partial charge on any atom is -0.489 e. The number of nitriles is 1. The van der Waals surface area contributed by atoms with E-state index in [4.69, 9.17) is 16.3 Å². The zero-order valence-electron chi connectivity index (χ0n) is 18.4. The first kappa shape index (κ1) is 22.4. The third kappa shape index (κ3) is 4.63. The molecule has 5 nitrogen and oxygen atoms in total. The number of halogens is 1.